The summed E-state index contributed by atoms with van der Waals surface area (Å²) in [6, 6.07) is 12.9. The fourth-order valence-corrected chi connectivity index (χ4v) is 5.44. The third-order valence-electron chi connectivity index (χ3n) is 5.70. The van der Waals surface area contributed by atoms with Crippen molar-refractivity contribution < 1.29 is 17.9 Å². The zero-order valence-corrected chi connectivity index (χ0v) is 16.9. The van der Waals surface area contributed by atoms with Gasteiger partial charge < -0.3 is 4.74 Å². The molecule has 2 aromatic carbocycles. The minimum atomic E-state index is -3.53. The first kappa shape index (κ1) is 19.0. The lowest BCUT2D eigenvalue weighted by molar-refractivity contribution is 0.136. The number of sulfonamides is 1. The van der Waals surface area contributed by atoms with Crippen molar-refractivity contribution in [2.24, 2.45) is 0 Å². The Kier molecular flexibility index (Phi) is 4.89. The lowest BCUT2D eigenvalue weighted by Gasteiger charge is -2.39. The molecular formula is C21H24N2O4S. The summed E-state index contributed by atoms with van der Waals surface area (Å²) < 4.78 is 32.9. The van der Waals surface area contributed by atoms with E-state index < -0.39 is 10.0 Å². The molecular weight excluding hydrogens is 376 g/mol. The first-order valence-electron chi connectivity index (χ1n) is 9.49. The molecule has 2 aromatic rings. The van der Waals surface area contributed by atoms with E-state index in [0.29, 0.717) is 30.8 Å². The van der Waals surface area contributed by atoms with Gasteiger partial charge >= 0.3 is 6.09 Å². The summed E-state index contributed by atoms with van der Waals surface area (Å²) in [6.45, 7) is 4.93. The zero-order valence-electron chi connectivity index (χ0n) is 16.1. The molecule has 1 amide bonds. The topological polar surface area (TPSA) is 66.9 Å². The Labute approximate surface area is 165 Å². The fourth-order valence-electron chi connectivity index (χ4n) is 3.89. The number of piperidine rings is 1. The van der Waals surface area contributed by atoms with Gasteiger partial charge in [0.2, 0.25) is 10.0 Å². The maximum absolute atomic E-state index is 13.0. The molecule has 2 aliphatic rings. The molecule has 2 aliphatic heterocycles. The predicted molar refractivity (Wildman–Crippen MR) is 107 cm³/mol. The number of benzene rings is 2. The molecule has 0 saturated carbocycles. The summed E-state index contributed by atoms with van der Waals surface area (Å²) in [4.78, 5) is 14.4. The molecule has 0 N–H and O–H groups in total. The first-order chi connectivity index (χ1) is 13.4. The van der Waals surface area contributed by atoms with Crippen LogP contribution in [-0.4, -0.2) is 37.9 Å². The van der Waals surface area contributed by atoms with Crippen molar-refractivity contribution >= 4 is 21.8 Å². The van der Waals surface area contributed by atoms with Crippen LogP contribution in [0.2, 0.25) is 0 Å². The smallest absolute Gasteiger partial charge is 0.414 e. The standard InChI is InChI=1S/C21H24N2O4S/c1-15-7-8-19(13-16(15)2)28(25,26)22-11-9-18(10-12-22)23-20-6-4-3-5-17(20)14-27-21(23)24/h3-8,13,18H,9-12,14H2,1-2H3. The Morgan fingerprint density at radius 3 is 2.43 bits per heavy atom. The number of fused-ring (bicyclic) bond motifs is 1. The van der Waals surface area contributed by atoms with E-state index >= 15 is 0 Å². The van der Waals surface area contributed by atoms with Crippen molar-refractivity contribution in [2.75, 3.05) is 18.0 Å². The molecule has 0 spiro atoms. The summed E-state index contributed by atoms with van der Waals surface area (Å²) >= 11 is 0. The number of carbonyl (C=O) groups excluding carboxylic acids is 1. The highest BCUT2D eigenvalue weighted by Crippen LogP contribution is 2.33. The predicted octanol–water partition coefficient (Wildman–Crippen LogP) is 3.61. The molecule has 148 valence electrons. The molecule has 2 heterocycles. The Morgan fingerprint density at radius 2 is 1.71 bits per heavy atom. The number of para-hydroxylation sites is 1. The van der Waals surface area contributed by atoms with Crippen LogP contribution in [0, 0.1) is 13.8 Å². The SMILES string of the molecule is Cc1ccc(S(=O)(=O)N2CCC(N3C(=O)OCc4ccccc43)CC2)cc1C. The van der Waals surface area contributed by atoms with Crippen molar-refractivity contribution in [3.05, 3.63) is 59.2 Å². The van der Waals surface area contributed by atoms with Gasteiger partial charge in [-0.3, -0.25) is 4.90 Å². The minimum absolute atomic E-state index is 0.0693. The van der Waals surface area contributed by atoms with Gasteiger partial charge in [0.25, 0.3) is 0 Å². The van der Waals surface area contributed by atoms with Gasteiger partial charge in [0.15, 0.2) is 0 Å². The second-order valence-electron chi connectivity index (χ2n) is 7.43. The van der Waals surface area contributed by atoms with E-state index in [1.807, 2.05) is 44.2 Å². The molecule has 0 aliphatic carbocycles. The number of ether oxygens (including phenoxy) is 1. The van der Waals surface area contributed by atoms with Gasteiger partial charge in [-0.1, -0.05) is 24.3 Å². The van der Waals surface area contributed by atoms with Gasteiger partial charge in [-0.15, -0.1) is 0 Å². The van der Waals surface area contributed by atoms with Gasteiger partial charge in [0.1, 0.15) is 6.61 Å². The van der Waals surface area contributed by atoms with E-state index in [4.69, 9.17) is 4.74 Å². The Morgan fingerprint density at radius 1 is 1.00 bits per heavy atom. The lowest BCUT2D eigenvalue weighted by atomic mass is 10.0. The number of rotatable bonds is 3. The van der Waals surface area contributed by atoms with Crippen LogP contribution >= 0.6 is 0 Å². The molecule has 28 heavy (non-hydrogen) atoms. The molecule has 6 nitrogen and oxygen atoms in total. The summed E-state index contributed by atoms with van der Waals surface area (Å²) in [5.41, 5.74) is 3.88. The van der Waals surface area contributed by atoms with Crippen LogP contribution < -0.4 is 4.90 Å². The van der Waals surface area contributed by atoms with E-state index in [0.717, 1.165) is 22.4 Å². The third-order valence-corrected chi connectivity index (χ3v) is 7.60. The average molecular weight is 401 g/mol. The van der Waals surface area contributed by atoms with Crippen molar-refractivity contribution in [3.63, 3.8) is 0 Å². The summed E-state index contributed by atoms with van der Waals surface area (Å²) in [5, 5.41) is 0. The Balaban J connectivity index is 1.52. The number of hydrogen-bond acceptors (Lipinski definition) is 4. The Bertz CT molecular complexity index is 1010. The van der Waals surface area contributed by atoms with Gasteiger partial charge in [-0.05, 0) is 56.0 Å². The lowest BCUT2D eigenvalue weighted by Crippen LogP contribution is -2.50. The number of aryl methyl sites for hydroxylation is 2. The summed E-state index contributed by atoms with van der Waals surface area (Å²) in [7, 11) is -3.53. The number of carbonyl (C=O) groups is 1. The van der Waals surface area contributed by atoms with Crippen LogP contribution in [0.1, 0.15) is 29.5 Å². The summed E-state index contributed by atoms with van der Waals surface area (Å²) in [5.74, 6) is 0. The molecule has 0 unspecified atom stereocenters. The van der Waals surface area contributed by atoms with Gasteiger partial charge in [0, 0.05) is 24.7 Å². The van der Waals surface area contributed by atoms with E-state index in [9.17, 15) is 13.2 Å². The quantitative estimate of drug-likeness (QED) is 0.789. The van der Waals surface area contributed by atoms with Gasteiger partial charge in [-0.25, -0.2) is 13.2 Å². The van der Waals surface area contributed by atoms with Crippen LogP contribution in [-0.2, 0) is 21.4 Å². The average Bonchev–Trinajstić information content (AvgIpc) is 2.70. The maximum atomic E-state index is 13.0. The highest BCUT2D eigenvalue weighted by atomic mass is 32.2. The Hall–Kier alpha value is -2.38. The second-order valence-corrected chi connectivity index (χ2v) is 9.37. The molecule has 0 bridgehead atoms. The van der Waals surface area contributed by atoms with E-state index in [-0.39, 0.29) is 18.7 Å². The normalized spacial score (nSPS) is 18.6. The molecule has 7 heteroatoms. The number of amides is 1. The second kappa shape index (κ2) is 7.22. The monoisotopic (exact) mass is 400 g/mol. The number of nitrogens with zero attached hydrogens (tertiary/aromatic N) is 2. The van der Waals surface area contributed by atoms with E-state index in [1.54, 1.807) is 17.0 Å². The van der Waals surface area contributed by atoms with Crippen molar-refractivity contribution in [1.29, 1.82) is 0 Å². The van der Waals surface area contributed by atoms with E-state index in [1.165, 1.54) is 4.31 Å². The minimum Gasteiger partial charge on any atom is -0.444 e. The van der Waals surface area contributed by atoms with Gasteiger partial charge in [0.05, 0.1) is 10.6 Å². The van der Waals surface area contributed by atoms with Crippen molar-refractivity contribution in [2.45, 2.75) is 44.2 Å². The van der Waals surface area contributed by atoms with Gasteiger partial charge in [-0.2, -0.15) is 4.31 Å². The molecule has 4 rings (SSSR count). The van der Waals surface area contributed by atoms with Crippen LogP contribution in [0.3, 0.4) is 0 Å². The van der Waals surface area contributed by atoms with Crippen LogP contribution in [0.25, 0.3) is 0 Å². The third kappa shape index (κ3) is 3.29. The molecule has 0 aromatic heterocycles. The number of cyclic esters (lactones) is 1. The highest BCUT2D eigenvalue weighted by molar-refractivity contribution is 7.89. The maximum Gasteiger partial charge on any atom is 0.414 e. The van der Waals surface area contributed by atoms with E-state index in [2.05, 4.69) is 0 Å². The van der Waals surface area contributed by atoms with Crippen LogP contribution in [0.5, 0.6) is 0 Å². The molecule has 1 fully saturated rings. The fraction of sp³-hybridized carbons (Fsp3) is 0.381. The molecule has 1 saturated heterocycles. The number of anilines is 1. The first-order valence-corrected chi connectivity index (χ1v) is 10.9. The van der Waals surface area contributed by atoms with Crippen LogP contribution in [0.4, 0.5) is 10.5 Å². The highest BCUT2D eigenvalue weighted by Gasteiger charge is 2.37. The number of hydrogen-bond donors (Lipinski definition) is 0. The van der Waals surface area contributed by atoms with Crippen LogP contribution in [0.15, 0.2) is 47.4 Å². The van der Waals surface area contributed by atoms with Crippen molar-refractivity contribution in [3.8, 4) is 0 Å². The molecule has 0 radical (unpaired) electrons. The molecule has 0 atom stereocenters. The van der Waals surface area contributed by atoms with Crippen molar-refractivity contribution in [1.82, 2.24) is 4.31 Å². The largest absolute Gasteiger partial charge is 0.444 e. The summed E-state index contributed by atoms with van der Waals surface area (Å²) in [6.07, 6.45) is 0.801. The zero-order chi connectivity index (χ0) is 19.9.